The van der Waals surface area contributed by atoms with Crippen LogP contribution < -0.4 is 10.9 Å². The molecule has 3 aromatic rings. The van der Waals surface area contributed by atoms with E-state index in [1.54, 1.807) is 33.6 Å². The normalized spacial score (nSPS) is 17.4. The number of anilines is 1. The number of hydrogen-bond acceptors (Lipinski definition) is 6. The number of hydrogen-bond donors (Lipinski definition) is 3. The van der Waals surface area contributed by atoms with Crippen LogP contribution in [0.25, 0.3) is 5.69 Å². The van der Waals surface area contributed by atoms with E-state index in [-0.39, 0.29) is 29.4 Å². The number of amides is 1. The number of carbonyl (C=O) groups is 1. The zero-order chi connectivity index (χ0) is 25.7. The van der Waals surface area contributed by atoms with E-state index in [9.17, 15) is 14.7 Å². The minimum Gasteiger partial charge on any atom is -0.506 e. The van der Waals surface area contributed by atoms with E-state index >= 15 is 0 Å². The summed E-state index contributed by atoms with van der Waals surface area (Å²) in [6.07, 6.45) is 2.46. The number of para-hydroxylation sites is 3. The average Bonchev–Trinajstić information content (AvgIpc) is 3.11. The molecule has 0 saturated carbocycles. The van der Waals surface area contributed by atoms with Gasteiger partial charge >= 0.3 is 0 Å². The van der Waals surface area contributed by atoms with Crippen molar-refractivity contribution in [2.24, 2.45) is 7.05 Å². The van der Waals surface area contributed by atoms with E-state index in [1.165, 1.54) is 6.07 Å². The molecule has 9 nitrogen and oxygen atoms in total. The first-order valence-corrected chi connectivity index (χ1v) is 11.9. The van der Waals surface area contributed by atoms with Crippen LogP contribution in [0.15, 0.2) is 71.2 Å². The lowest BCUT2D eigenvalue weighted by Gasteiger charge is -2.29. The third kappa shape index (κ3) is 5.37. The van der Waals surface area contributed by atoms with Crippen molar-refractivity contribution in [2.45, 2.75) is 38.4 Å². The van der Waals surface area contributed by atoms with E-state index in [2.05, 4.69) is 5.32 Å². The number of aromatic nitrogens is 2. The predicted molar refractivity (Wildman–Crippen MR) is 135 cm³/mol. The summed E-state index contributed by atoms with van der Waals surface area (Å²) >= 11 is 0. The first-order chi connectivity index (χ1) is 17.4. The summed E-state index contributed by atoms with van der Waals surface area (Å²) in [5, 5.41) is 21.8. The van der Waals surface area contributed by atoms with Crippen molar-refractivity contribution in [1.29, 1.82) is 0 Å². The van der Waals surface area contributed by atoms with Gasteiger partial charge in [-0.05, 0) is 50.1 Å². The minimum atomic E-state index is -0.756. The number of carbonyl (C=O) groups excluding carboxylic acids is 1. The highest BCUT2D eigenvalue weighted by molar-refractivity contribution is 6.03. The highest BCUT2D eigenvalue weighted by atomic mass is 16.7. The van der Waals surface area contributed by atoms with Crippen LogP contribution in [0, 0.1) is 6.92 Å². The van der Waals surface area contributed by atoms with Crippen LogP contribution in [0.5, 0.6) is 5.75 Å². The average molecular weight is 494 g/mol. The molecule has 2 atom stereocenters. The molecule has 1 aliphatic heterocycles. The Morgan fingerprint density at radius 1 is 1.14 bits per heavy atom. The zero-order valence-electron chi connectivity index (χ0n) is 20.4. The standard InChI is InChI=1S/C27H31N3O6/c1-18-25(27(34)30(29(18)2)20-10-4-3-5-11-20)19-16-23(36-24(17-19)35-15-9-8-14-31)26(33)28-21-12-6-7-13-22(21)32/h3-7,10-13,16,19,24,31-32H,8-9,14-15,17H2,1-2H3,(H,28,33). The molecule has 1 aromatic heterocycles. The van der Waals surface area contributed by atoms with Gasteiger partial charge in [0.15, 0.2) is 5.76 Å². The zero-order valence-corrected chi connectivity index (χ0v) is 20.4. The number of nitrogens with zero attached hydrogens (tertiary/aromatic N) is 2. The lowest BCUT2D eigenvalue weighted by Crippen LogP contribution is -2.31. The number of rotatable bonds is 9. The Bertz CT molecular complexity index is 1290. The fourth-order valence-electron chi connectivity index (χ4n) is 4.33. The van der Waals surface area contributed by atoms with Gasteiger partial charge in [0.05, 0.1) is 18.0 Å². The van der Waals surface area contributed by atoms with Crippen LogP contribution in [0.3, 0.4) is 0 Å². The number of aliphatic hydroxyl groups is 1. The van der Waals surface area contributed by atoms with Crippen LogP contribution in [-0.4, -0.2) is 45.0 Å². The molecule has 2 aromatic carbocycles. The molecule has 0 saturated heterocycles. The number of phenols is 1. The van der Waals surface area contributed by atoms with Gasteiger partial charge in [0, 0.05) is 37.3 Å². The summed E-state index contributed by atoms with van der Waals surface area (Å²) < 4.78 is 15.1. The number of benzene rings is 2. The molecule has 2 heterocycles. The monoisotopic (exact) mass is 493 g/mol. The van der Waals surface area contributed by atoms with Gasteiger partial charge in [0.1, 0.15) is 5.75 Å². The summed E-state index contributed by atoms with van der Waals surface area (Å²) in [5.74, 6) is -1.05. The van der Waals surface area contributed by atoms with Crippen LogP contribution in [0.2, 0.25) is 0 Å². The van der Waals surface area contributed by atoms with Crippen molar-refractivity contribution >= 4 is 11.6 Å². The van der Waals surface area contributed by atoms with E-state index in [1.807, 2.05) is 44.3 Å². The molecular formula is C27H31N3O6. The minimum absolute atomic E-state index is 0.00979. The lowest BCUT2D eigenvalue weighted by molar-refractivity contribution is -0.143. The highest BCUT2D eigenvalue weighted by Crippen LogP contribution is 2.33. The van der Waals surface area contributed by atoms with E-state index < -0.39 is 18.1 Å². The Labute approximate surface area is 209 Å². The number of unbranched alkanes of at least 4 members (excludes halogenated alkanes) is 1. The number of ether oxygens (including phenoxy) is 2. The summed E-state index contributed by atoms with van der Waals surface area (Å²) in [4.78, 5) is 26.7. The third-order valence-corrected chi connectivity index (χ3v) is 6.26. The highest BCUT2D eigenvalue weighted by Gasteiger charge is 2.33. The Balaban J connectivity index is 1.68. The molecule has 36 heavy (non-hydrogen) atoms. The maximum Gasteiger partial charge on any atom is 0.290 e. The van der Waals surface area contributed by atoms with Crippen LogP contribution in [0.4, 0.5) is 5.69 Å². The molecule has 0 bridgehead atoms. The van der Waals surface area contributed by atoms with Gasteiger partial charge in [-0.25, -0.2) is 4.68 Å². The van der Waals surface area contributed by atoms with Crippen molar-refractivity contribution in [2.75, 3.05) is 18.5 Å². The van der Waals surface area contributed by atoms with Gasteiger partial charge in [0.2, 0.25) is 6.29 Å². The number of phenolic OH excluding ortho intramolecular Hbond substituents is 1. The molecule has 190 valence electrons. The SMILES string of the molecule is Cc1c(C2C=C(C(=O)Nc3ccccc3O)OC(OCCCCO)C2)c(=O)n(-c2ccccc2)n1C. The number of allylic oxidation sites excluding steroid dienone is 1. The molecule has 1 amide bonds. The Morgan fingerprint density at radius 3 is 2.58 bits per heavy atom. The van der Waals surface area contributed by atoms with Crippen LogP contribution >= 0.6 is 0 Å². The molecule has 1 aliphatic rings. The van der Waals surface area contributed by atoms with Crippen molar-refractivity contribution in [3.63, 3.8) is 0 Å². The molecule has 9 heteroatoms. The van der Waals surface area contributed by atoms with Gasteiger partial charge < -0.3 is 25.0 Å². The number of aliphatic hydroxyl groups excluding tert-OH is 1. The molecule has 0 aliphatic carbocycles. The van der Waals surface area contributed by atoms with Gasteiger partial charge in [-0.15, -0.1) is 0 Å². The lowest BCUT2D eigenvalue weighted by atomic mass is 9.93. The molecule has 3 N–H and O–H groups in total. The van der Waals surface area contributed by atoms with E-state index in [0.717, 1.165) is 11.4 Å². The quantitative estimate of drug-likeness (QED) is 0.311. The first kappa shape index (κ1) is 25.3. The van der Waals surface area contributed by atoms with Gasteiger partial charge in [-0.2, -0.15) is 0 Å². The van der Waals surface area contributed by atoms with Crippen LogP contribution in [0.1, 0.15) is 36.4 Å². The predicted octanol–water partition coefficient (Wildman–Crippen LogP) is 3.33. The summed E-state index contributed by atoms with van der Waals surface area (Å²) in [6, 6.07) is 15.8. The summed E-state index contributed by atoms with van der Waals surface area (Å²) in [5.41, 5.74) is 2.14. The van der Waals surface area contributed by atoms with Crippen molar-refractivity contribution < 1.29 is 24.5 Å². The Kier molecular flexibility index (Phi) is 7.92. The Morgan fingerprint density at radius 2 is 1.86 bits per heavy atom. The van der Waals surface area contributed by atoms with Crippen molar-refractivity contribution in [3.8, 4) is 11.4 Å². The Hall–Kier alpha value is -3.82. The van der Waals surface area contributed by atoms with Gasteiger partial charge in [-0.3, -0.25) is 14.3 Å². The largest absolute Gasteiger partial charge is 0.506 e. The second-order valence-electron chi connectivity index (χ2n) is 8.67. The molecule has 0 fully saturated rings. The fraction of sp³-hybridized carbons (Fsp3) is 0.333. The van der Waals surface area contributed by atoms with Crippen molar-refractivity contribution in [3.05, 3.63) is 88.0 Å². The second kappa shape index (κ2) is 11.3. The summed E-state index contributed by atoms with van der Waals surface area (Å²) in [6.45, 7) is 2.28. The van der Waals surface area contributed by atoms with Crippen molar-refractivity contribution in [1.82, 2.24) is 9.36 Å². The first-order valence-electron chi connectivity index (χ1n) is 11.9. The van der Waals surface area contributed by atoms with E-state index in [0.29, 0.717) is 31.4 Å². The van der Waals surface area contributed by atoms with Gasteiger partial charge in [0.25, 0.3) is 11.5 Å². The number of nitrogens with one attached hydrogen (secondary N) is 1. The van der Waals surface area contributed by atoms with Crippen LogP contribution in [-0.2, 0) is 21.3 Å². The smallest absolute Gasteiger partial charge is 0.290 e. The van der Waals surface area contributed by atoms with E-state index in [4.69, 9.17) is 14.6 Å². The topological polar surface area (TPSA) is 115 Å². The maximum atomic E-state index is 13.6. The maximum absolute atomic E-state index is 13.6. The molecule has 2 unspecified atom stereocenters. The molecule has 0 spiro atoms. The fourth-order valence-corrected chi connectivity index (χ4v) is 4.33. The third-order valence-electron chi connectivity index (χ3n) is 6.26. The van der Waals surface area contributed by atoms with Gasteiger partial charge in [-0.1, -0.05) is 30.3 Å². The molecule has 0 radical (unpaired) electrons. The number of aromatic hydroxyl groups is 1. The molecular weight excluding hydrogens is 462 g/mol. The summed E-state index contributed by atoms with van der Waals surface area (Å²) in [7, 11) is 1.82. The second-order valence-corrected chi connectivity index (χ2v) is 8.67. The molecule has 4 rings (SSSR count).